The standard InChI is InChI=1S/C10H11N3O2S/c11-7-5-8(7)12-10-6-3-1-2-4-9(6)16(14,15)13-10/h1-4,7-8H,5,11H2,(H,12,13). The Morgan fingerprint density at radius 2 is 2.06 bits per heavy atom. The van der Waals surface area contributed by atoms with E-state index >= 15 is 0 Å². The molecule has 1 aliphatic carbocycles. The molecule has 1 saturated carbocycles. The van der Waals surface area contributed by atoms with Crippen LogP contribution >= 0.6 is 0 Å². The smallest absolute Gasteiger partial charge is 0.263 e. The van der Waals surface area contributed by atoms with Crippen LogP contribution in [0, 0.1) is 0 Å². The van der Waals surface area contributed by atoms with Crippen molar-refractivity contribution in [1.82, 2.24) is 4.72 Å². The first-order chi connectivity index (χ1) is 7.58. The van der Waals surface area contributed by atoms with Gasteiger partial charge in [-0.25, -0.2) is 8.42 Å². The molecule has 84 valence electrons. The highest BCUT2D eigenvalue weighted by Crippen LogP contribution is 2.27. The number of sulfonamides is 1. The van der Waals surface area contributed by atoms with E-state index in [1.807, 2.05) is 0 Å². The van der Waals surface area contributed by atoms with Gasteiger partial charge >= 0.3 is 0 Å². The van der Waals surface area contributed by atoms with E-state index in [-0.39, 0.29) is 12.1 Å². The maximum atomic E-state index is 11.7. The fraction of sp³-hybridized carbons (Fsp3) is 0.300. The monoisotopic (exact) mass is 237 g/mol. The Bertz CT molecular complexity index is 579. The average Bonchev–Trinajstić information content (AvgIpc) is 2.86. The van der Waals surface area contributed by atoms with Crippen molar-refractivity contribution in [3.8, 4) is 0 Å². The lowest BCUT2D eigenvalue weighted by molar-refractivity contribution is 0.595. The molecule has 0 aromatic heterocycles. The number of rotatable bonds is 1. The average molecular weight is 237 g/mol. The number of aliphatic imine (C=N–C) groups is 1. The molecule has 1 fully saturated rings. The van der Waals surface area contributed by atoms with Crippen LogP contribution in [0.25, 0.3) is 0 Å². The predicted molar refractivity (Wildman–Crippen MR) is 59.7 cm³/mol. The molecule has 1 aromatic rings. The van der Waals surface area contributed by atoms with Crippen LogP contribution in [0.5, 0.6) is 0 Å². The van der Waals surface area contributed by atoms with Crippen LogP contribution < -0.4 is 10.5 Å². The first kappa shape index (κ1) is 9.80. The SMILES string of the molecule is NC1CC1N=C1NS(=O)(=O)c2ccccc21. The van der Waals surface area contributed by atoms with Crippen LogP contribution in [0.3, 0.4) is 0 Å². The molecule has 6 heteroatoms. The Hall–Kier alpha value is -1.40. The number of hydrogen-bond donors (Lipinski definition) is 2. The van der Waals surface area contributed by atoms with E-state index < -0.39 is 10.0 Å². The van der Waals surface area contributed by atoms with Crippen molar-refractivity contribution in [3.05, 3.63) is 29.8 Å². The third-order valence-electron chi connectivity index (χ3n) is 2.76. The highest BCUT2D eigenvalue weighted by atomic mass is 32.2. The minimum absolute atomic E-state index is 0.0591. The van der Waals surface area contributed by atoms with Gasteiger partial charge in [-0.1, -0.05) is 12.1 Å². The van der Waals surface area contributed by atoms with Crippen LogP contribution in [0.15, 0.2) is 34.2 Å². The van der Waals surface area contributed by atoms with Gasteiger partial charge in [0.1, 0.15) is 5.84 Å². The molecule has 5 nitrogen and oxygen atoms in total. The van der Waals surface area contributed by atoms with Gasteiger partial charge in [0, 0.05) is 11.6 Å². The molecule has 0 amide bonds. The van der Waals surface area contributed by atoms with Crippen molar-refractivity contribution >= 4 is 15.9 Å². The Morgan fingerprint density at radius 1 is 1.38 bits per heavy atom. The summed E-state index contributed by atoms with van der Waals surface area (Å²) in [4.78, 5) is 4.60. The van der Waals surface area contributed by atoms with E-state index in [0.29, 0.717) is 16.3 Å². The van der Waals surface area contributed by atoms with E-state index in [1.165, 1.54) is 0 Å². The number of benzene rings is 1. The molecule has 2 atom stereocenters. The van der Waals surface area contributed by atoms with Crippen LogP contribution in [-0.2, 0) is 10.0 Å². The predicted octanol–water partition coefficient (Wildman–Crippen LogP) is -0.175. The zero-order valence-corrected chi connectivity index (χ0v) is 9.24. The summed E-state index contributed by atoms with van der Waals surface area (Å²) in [6.45, 7) is 0. The van der Waals surface area contributed by atoms with Crippen LogP contribution in [0.4, 0.5) is 0 Å². The van der Waals surface area contributed by atoms with Crippen LogP contribution in [0.2, 0.25) is 0 Å². The summed E-state index contributed by atoms with van der Waals surface area (Å²) in [6, 6.07) is 6.95. The van der Waals surface area contributed by atoms with Gasteiger partial charge in [0.2, 0.25) is 0 Å². The second-order valence-corrected chi connectivity index (χ2v) is 5.70. The van der Waals surface area contributed by atoms with E-state index in [9.17, 15) is 8.42 Å². The van der Waals surface area contributed by atoms with Gasteiger partial charge in [-0.3, -0.25) is 9.71 Å². The third-order valence-corrected chi connectivity index (χ3v) is 4.16. The van der Waals surface area contributed by atoms with Gasteiger partial charge in [-0.15, -0.1) is 0 Å². The molecule has 3 rings (SSSR count). The molecule has 2 unspecified atom stereocenters. The summed E-state index contributed by atoms with van der Waals surface area (Å²) in [7, 11) is -3.41. The summed E-state index contributed by atoms with van der Waals surface area (Å²) >= 11 is 0. The minimum atomic E-state index is -3.41. The quantitative estimate of drug-likeness (QED) is 0.711. The van der Waals surface area contributed by atoms with Crippen LogP contribution in [0.1, 0.15) is 12.0 Å². The van der Waals surface area contributed by atoms with Crippen molar-refractivity contribution in [1.29, 1.82) is 0 Å². The second kappa shape index (κ2) is 3.05. The Morgan fingerprint density at radius 3 is 2.75 bits per heavy atom. The van der Waals surface area contributed by atoms with E-state index in [1.54, 1.807) is 24.3 Å². The Labute approximate surface area is 93.4 Å². The highest BCUT2D eigenvalue weighted by molar-refractivity contribution is 7.90. The maximum absolute atomic E-state index is 11.7. The number of hydrogen-bond acceptors (Lipinski definition) is 4. The highest BCUT2D eigenvalue weighted by Gasteiger charge is 2.37. The molecule has 1 aromatic carbocycles. The lowest BCUT2D eigenvalue weighted by atomic mass is 10.2. The molecular formula is C10H11N3O2S. The minimum Gasteiger partial charge on any atom is -0.326 e. The summed E-state index contributed by atoms with van der Waals surface area (Å²) in [5.41, 5.74) is 6.29. The summed E-state index contributed by atoms with van der Waals surface area (Å²) in [5, 5.41) is 0. The molecule has 0 spiro atoms. The lowest BCUT2D eigenvalue weighted by Crippen LogP contribution is -2.23. The van der Waals surface area contributed by atoms with Crippen molar-refractivity contribution in [2.75, 3.05) is 0 Å². The summed E-state index contributed by atoms with van der Waals surface area (Å²) in [6.07, 6.45) is 0.827. The molecular weight excluding hydrogens is 226 g/mol. The number of nitrogens with one attached hydrogen (secondary N) is 1. The van der Waals surface area contributed by atoms with E-state index in [4.69, 9.17) is 5.73 Å². The molecule has 0 saturated heterocycles. The molecule has 1 heterocycles. The fourth-order valence-electron chi connectivity index (χ4n) is 1.74. The number of nitrogens with zero attached hydrogens (tertiary/aromatic N) is 1. The molecule has 2 aliphatic rings. The summed E-state index contributed by atoms with van der Waals surface area (Å²) in [5.74, 6) is 0.425. The van der Waals surface area contributed by atoms with Gasteiger partial charge in [-0.2, -0.15) is 0 Å². The van der Waals surface area contributed by atoms with Gasteiger partial charge in [0.05, 0.1) is 10.9 Å². The zero-order valence-electron chi connectivity index (χ0n) is 8.42. The number of nitrogens with two attached hydrogens (primary N) is 1. The van der Waals surface area contributed by atoms with Crippen molar-refractivity contribution in [2.45, 2.75) is 23.4 Å². The molecule has 1 aliphatic heterocycles. The van der Waals surface area contributed by atoms with Crippen LogP contribution in [-0.4, -0.2) is 26.3 Å². The summed E-state index contributed by atoms with van der Waals surface area (Å²) < 4.78 is 25.9. The lowest BCUT2D eigenvalue weighted by Gasteiger charge is -1.96. The van der Waals surface area contributed by atoms with Crippen molar-refractivity contribution < 1.29 is 8.42 Å². The number of fused-ring (bicyclic) bond motifs is 1. The Balaban J connectivity index is 2.10. The van der Waals surface area contributed by atoms with Gasteiger partial charge < -0.3 is 5.73 Å². The largest absolute Gasteiger partial charge is 0.326 e. The molecule has 16 heavy (non-hydrogen) atoms. The zero-order chi connectivity index (χ0) is 11.3. The van der Waals surface area contributed by atoms with Gasteiger partial charge in [0.25, 0.3) is 10.0 Å². The third kappa shape index (κ3) is 1.42. The number of amidine groups is 1. The van der Waals surface area contributed by atoms with E-state index in [0.717, 1.165) is 6.42 Å². The molecule has 0 radical (unpaired) electrons. The normalized spacial score (nSPS) is 32.2. The van der Waals surface area contributed by atoms with Gasteiger partial charge in [0.15, 0.2) is 0 Å². The fourth-order valence-corrected chi connectivity index (χ4v) is 2.98. The van der Waals surface area contributed by atoms with Gasteiger partial charge in [-0.05, 0) is 18.6 Å². The maximum Gasteiger partial charge on any atom is 0.263 e. The first-order valence-electron chi connectivity index (χ1n) is 5.03. The second-order valence-electron chi connectivity index (χ2n) is 4.05. The van der Waals surface area contributed by atoms with Crippen molar-refractivity contribution in [3.63, 3.8) is 0 Å². The Kier molecular flexibility index (Phi) is 1.87. The topological polar surface area (TPSA) is 84.5 Å². The van der Waals surface area contributed by atoms with E-state index in [2.05, 4.69) is 9.71 Å². The van der Waals surface area contributed by atoms with Crippen molar-refractivity contribution in [2.24, 2.45) is 10.7 Å². The first-order valence-corrected chi connectivity index (χ1v) is 6.52. The molecule has 0 bridgehead atoms. The molecule has 3 N–H and O–H groups in total.